The van der Waals surface area contributed by atoms with Crippen molar-refractivity contribution >= 4 is 16.9 Å². The van der Waals surface area contributed by atoms with Gasteiger partial charge in [-0.25, -0.2) is 0 Å². The molecule has 2 aromatic rings. The molecule has 1 saturated heterocycles. The fourth-order valence-electron chi connectivity index (χ4n) is 2.32. The third-order valence-electron chi connectivity index (χ3n) is 3.18. The molecule has 3 nitrogen and oxygen atoms in total. The molecule has 1 aromatic carbocycles. The Hall–Kier alpha value is -1.77. The number of fused-ring (bicyclic) bond motifs is 1. The number of cyclic esters (lactones) is 1. The van der Waals surface area contributed by atoms with Crippen molar-refractivity contribution in [1.82, 2.24) is 4.98 Å². The minimum Gasteiger partial charge on any atom is -0.465 e. The predicted octanol–water partition coefficient (Wildman–Crippen LogP) is 2.51. The summed E-state index contributed by atoms with van der Waals surface area (Å²) in [6, 6.07) is 6.23. The van der Waals surface area contributed by atoms with Gasteiger partial charge >= 0.3 is 5.97 Å². The molecule has 1 N–H and O–H groups in total. The van der Waals surface area contributed by atoms with Gasteiger partial charge < -0.3 is 9.72 Å². The lowest BCUT2D eigenvalue weighted by Crippen LogP contribution is -2.04. The number of carbonyl (C=O) groups is 1. The van der Waals surface area contributed by atoms with Gasteiger partial charge in [-0.1, -0.05) is 11.6 Å². The first-order chi connectivity index (χ1) is 7.75. The average molecular weight is 215 g/mol. The van der Waals surface area contributed by atoms with Crippen LogP contribution in [0.4, 0.5) is 0 Å². The van der Waals surface area contributed by atoms with Gasteiger partial charge in [0, 0.05) is 17.1 Å². The summed E-state index contributed by atoms with van der Waals surface area (Å²) in [6.07, 6.45) is 2.72. The van der Waals surface area contributed by atoms with Gasteiger partial charge in [0.2, 0.25) is 0 Å². The summed E-state index contributed by atoms with van der Waals surface area (Å²) in [7, 11) is 0. The number of rotatable bonds is 1. The molecule has 1 aromatic heterocycles. The lowest BCUT2D eigenvalue weighted by atomic mass is 9.97. The predicted molar refractivity (Wildman–Crippen MR) is 61.4 cm³/mol. The highest BCUT2D eigenvalue weighted by molar-refractivity contribution is 5.91. The molecule has 1 fully saturated rings. The zero-order chi connectivity index (χ0) is 11.1. The van der Waals surface area contributed by atoms with Crippen LogP contribution in [-0.4, -0.2) is 17.6 Å². The van der Waals surface area contributed by atoms with Gasteiger partial charge in [-0.15, -0.1) is 0 Å². The van der Waals surface area contributed by atoms with Crippen molar-refractivity contribution in [3.05, 3.63) is 35.5 Å². The van der Waals surface area contributed by atoms with Crippen molar-refractivity contribution in [1.29, 1.82) is 0 Å². The van der Waals surface area contributed by atoms with E-state index in [1.165, 1.54) is 5.56 Å². The van der Waals surface area contributed by atoms with Crippen LogP contribution in [0.5, 0.6) is 0 Å². The molecule has 0 amide bonds. The maximum atomic E-state index is 11.6. The highest BCUT2D eigenvalue weighted by Crippen LogP contribution is 2.32. The van der Waals surface area contributed by atoms with Crippen LogP contribution in [-0.2, 0) is 9.53 Å². The van der Waals surface area contributed by atoms with E-state index in [0.717, 1.165) is 22.9 Å². The monoisotopic (exact) mass is 215 g/mol. The van der Waals surface area contributed by atoms with Crippen LogP contribution in [0.15, 0.2) is 24.4 Å². The lowest BCUT2D eigenvalue weighted by molar-refractivity contribution is -0.139. The number of esters is 1. The topological polar surface area (TPSA) is 42.1 Å². The van der Waals surface area contributed by atoms with E-state index < -0.39 is 0 Å². The number of aromatic amines is 1. The van der Waals surface area contributed by atoms with E-state index in [4.69, 9.17) is 4.74 Å². The molecular weight excluding hydrogens is 202 g/mol. The van der Waals surface area contributed by atoms with Crippen LogP contribution in [0, 0.1) is 6.92 Å². The van der Waals surface area contributed by atoms with E-state index in [2.05, 4.69) is 30.1 Å². The fraction of sp³-hybridized carbons (Fsp3) is 0.308. The molecule has 1 atom stereocenters. The number of ether oxygens (including phenoxy) is 1. The SMILES string of the molecule is Cc1ccc2[nH]cc([C@H]3CCOC3=O)c2c1. The maximum absolute atomic E-state index is 11.6. The van der Waals surface area contributed by atoms with Crippen molar-refractivity contribution in [2.75, 3.05) is 6.61 Å². The molecule has 2 heterocycles. The molecule has 0 saturated carbocycles. The van der Waals surface area contributed by atoms with E-state index in [0.29, 0.717) is 6.61 Å². The van der Waals surface area contributed by atoms with Crippen molar-refractivity contribution in [2.24, 2.45) is 0 Å². The average Bonchev–Trinajstić information content (AvgIpc) is 2.83. The molecule has 0 aliphatic carbocycles. The Morgan fingerprint density at radius 2 is 2.31 bits per heavy atom. The van der Waals surface area contributed by atoms with E-state index in [1.807, 2.05) is 6.20 Å². The summed E-state index contributed by atoms with van der Waals surface area (Å²) in [5, 5.41) is 1.14. The standard InChI is InChI=1S/C13H13NO2/c1-8-2-3-12-10(6-8)11(7-14-12)9-4-5-16-13(9)15/h2-3,6-7,9,14H,4-5H2,1H3/t9-/m1/s1. The number of benzene rings is 1. The lowest BCUT2D eigenvalue weighted by Gasteiger charge is -2.03. The van der Waals surface area contributed by atoms with E-state index in [-0.39, 0.29) is 11.9 Å². The Labute approximate surface area is 93.4 Å². The van der Waals surface area contributed by atoms with Gasteiger partial charge in [0.15, 0.2) is 0 Å². The molecule has 3 rings (SSSR count). The Morgan fingerprint density at radius 3 is 3.06 bits per heavy atom. The molecule has 1 aliphatic heterocycles. The third kappa shape index (κ3) is 1.32. The van der Waals surface area contributed by atoms with Gasteiger partial charge in [0.25, 0.3) is 0 Å². The number of hydrogen-bond acceptors (Lipinski definition) is 2. The van der Waals surface area contributed by atoms with Crippen molar-refractivity contribution in [3.8, 4) is 0 Å². The van der Waals surface area contributed by atoms with Gasteiger partial charge in [-0.3, -0.25) is 4.79 Å². The molecule has 0 unspecified atom stereocenters. The first-order valence-corrected chi connectivity index (χ1v) is 5.50. The van der Waals surface area contributed by atoms with Crippen molar-refractivity contribution in [2.45, 2.75) is 19.3 Å². The van der Waals surface area contributed by atoms with Crippen LogP contribution in [0.2, 0.25) is 0 Å². The largest absolute Gasteiger partial charge is 0.465 e. The summed E-state index contributed by atoms with van der Waals surface area (Å²) in [5.41, 5.74) is 3.36. The van der Waals surface area contributed by atoms with Gasteiger partial charge in [0.05, 0.1) is 12.5 Å². The summed E-state index contributed by atoms with van der Waals surface area (Å²) in [4.78, 5) is 14.8. The van der Waals surface area contributed by atoms with Crippen LogP contribution >= 0.6 is 0 Å². The molecular formula is C13H13NO2. The van der Waals surface area contributed by atoms with Crippen LogP contribution < -0.4 is 0 Å². The second kappa shape index (κ2) is 3.37. The number of aryl methyl sites for hydroxylation is 1. The summed E-state index contributed by atoms with van der Waals surface area (Å²) < 4.78 is 5.02. The smallest absolute Gasteiger partial charge is 0.313 e. The van der Waals surface area contributed by atoms with Crippen molar-refractivity contribution < 1.29 is 9.53 Å². The van der Waals surface area contributed by atoms with Gasteiger partial charge in [-0.2, -0.15) is 0 Å². The maximum Gasteiger partial charge on any atom is 0.313 e. The zero-order valence-electron chi connectivity index (χ0n) is 9.12. The second-order valence-corrected chi connectivity index (χ2v) is 4.30. The Morgan fingerprint density at radius 1 is 1.44 bits per heavy atom. The highest BCUT2D eigenvalue weighted by Gasteiger charge is 2.29. The molecule has 0 radical (unpaired) electrons. The second-order valence-electron chi connectivity index (χ2n) is 4.30. The van der Waals surface area contributed by atoms with Crippen LogP contribution in [0.1, 0.15) is 23.5 Å². The summed E-state index contributed by atoms with van der Waals surface area (Å²) in [5.74, 6) is -0.182. The zero-order valence-corrected chi connectivity index (χ0v) is 9.12. The number of carbonyl (C=O) groups excluding carboxylic acids is 1. The highest BCUT2D eigenvalue weighted by atomic mass is 16.5. The van der Waals surface area contributed by atoms with E-state index >= 15 is 0 Å². The third-order valence-corrected chi connectivity index (χ3v) is 3.18. The van der Waals surface area contributed by atoms with E-state index in [9.17, 15) is 4.79 Å². The fourth-order valence-corrected chi connectivity index (χ4v) is 2.32. The van der Waals surface area contributed by atoms with E-state index in [1.54, 1.807) is 0 Å². The molecule has 16 heavy (non-hydrogen) atoms. The van der Waals surface area contributed by atoms with Crippen LogP contribution in [0.3, 0.4) is 0 Å². The van der Waals surface area contributed by atoms with Crippen molar-refractivity contribution in [3.63, 3.8) is 0 Å². The van der Waals surface area contributed by atoms with Gasteiger partial charge in [-0.05, 0) is 31.0 Å². The molecule has 3 heteroatoms. The summed E-state index contributed by atoms with van der Waals surface area (Å²) >= 11 is 0. The molecule has 82 valence electrons. The Bertz CT molecular complexity index is 556. The number of H-pyrrole nitrogens is 1. The normalized spacial score (nSPS) is 20.3. The van der Waals surface area contributed by atoms with Crippen LogP contribution in [0.25, 0.3) is 10.9 Å². The minimum absolute atomic E-state index is 0.0875. The number of nitrogens with one attached hydrogen (secondary N) is 1. The first kappa shape index (κ1) is 9.46. The minimum atomic E-state index is -0.0950. The summed E-state index contributed by atoms with van der Waals surface area (Å²) in [6.45, 7) is 2.60. The van der Waals surface area contributed by atoms with Gasteiger partial charge in [0.1, 0.15) is 0 Å². The number of hydrogen-bond donors (Lipinski definition) is 1. The molecule has 0 spiro atoms. The molecule has 1 aliphatic rings. The first-order valence-electron chi connectivity index (χ1n) is 5.50. The quantitative estimate of drug-likeness (QED) is 0.743. The number of aromatic nitrogens is 1. The Balaban J connectivity index is 2.16. The molecule has 0 bridgehead atoms. The Kier molecular flexibility index (Phi) is 1.99.